The van der Waals surface area contributed by atoms with Crippen molar-refractivity contribution < 1.29 is 13.2 Å². The predicted molar refractivity (Wildman–Crippen MR) is 88.1 cm³/mol. The van der Waals surface area contributed by atoms with Gasteiger partial charge in [0.05, 0.1) is 28.8 Å². The van der Waals surface area contributed by atoms with Crippen LogP contribution in [0.25, 0.3) is 0 Å². The second-order valence-corrected chi connectivity index (χ2v) is 8.75. The van der Waals surface area contributed by atoms with E-state index in [4.69, 9.17) is 0 Å². The normalized spacial score (nSPS) is 15.5. The number of rotatable bonds is 5. The molecule has 1 aliphatic heterocycles. The minimum Gasteiger partial charge on any atom is -0.338 e. The topological polar surface area (TPSA) is 85.2 Å². The van der Waals surface area contributed by atoms with Crippen LogP contribution < -0.4 is 0 Å². The third-order valence-electron chi connectivity index (χ3n) is 4.26. The van der Waals surface area contributed by atoms with Crippen LogP contribution in [-0.4, -0.2) is 52.6 Å². The molecule has 0 unspecified atom stereocenters. The highest BCUT2D eigenvalue weighted by Crippen LogP contribution is 2.21. The second-order valence-electron chi connectivity index (χ2n) is 6.25. The fourth-order valence-corrected chi connectivity index (χ4v) is 3.65. The summed E-state index contributed by atoms with van der Waals surface area (Å²) in [5.74, 6) is 0.0332. The molecule has 1 aromatic heterocycles. The van der Waals surface area contributed by atoms with E-state index < -0.39 is 15.1 Å². The van der Waals surface area contributed by atoms with Gasteiger partial charge in [0.1, 0.15) is 0 Å². The summed E-state index contributed by atoms with van der Waals surface area (Å²) in [6.45, 7) is 4.56. The Morgan fingerprint density at radius 2 is 1.92 bits per heavy atom. The minimum atomic E-state index is -3.28. The summed E-state index contributed by atoms with van der Waals surface area (Å²) in [7, 11) is -3.28. The molecule has 24 heavy (non-hydrogen) atoms. The minimum absolute atomic E-state index is 0.0332. The highest BCUT2D eigenvalue weighted by atomic mass is 32.2. The number of benzene rings is 1. The zero-order valence-corrected chi connectivity index (χ0v) is 14.5. The molecule has 0 atom stereocenters. The molecule has 1 aromatic carbocycles. The van der Waals surface area contributed by atoms with E-state index >= 15 is 0 Å². The number of aromatic nitrogens is 3. The summed E-state index contributed by atoms with van der Waals surface area (Å²) >= 11 is 0. The van der Waals surface area contributed by atoms with Crippen molar-refractivity contribution in [3.63, 3.8) is 0 Å². The molecule has 8 heteroatoms. The van der Waals surface area contributed by atoms with Gasteiger partial charge < -0.3 is 4.90 Å². The van der Waals surface area contributed by atoms with Gasteiger partial charge in [-0.25, -0.2) is 13.1 Å². The van der Waals surface area contributed by atoms with E-state index in [0.29, 0.717) is 18.0 Å². The molecule has 0 N–H and O–H groups in total. The van der Waals surface area contributed by atoms with Gasteiger partial charge in [0.25, 0.3) is 0 Å². The van der Waals surface area contributed by atoms with Crippen LogP contribution in [0.15, 0.2) is 41.6 Å². The van der Waals surface area contributed by atoms with Crippen LogP contribution in [0.4, 0.5) is 0 Å². The van der Waals surface area contributed by atoms with E-state index in [2.05, 4.69) is 10.3 Å². The lowest BCUT2D eigenvalue weighted by atomic mass is 10.1. The van der Waals surface area contributed by atoms with E-state index in [1.54, 1.807) is 60.1 Å². The fourth-order valence-electron chi connectivity index (χ4n) is 2.59. The van der Waals surface area contributed by atoms with Crippen LogP contribution in [0.3, 0.4) is 0 Å². The molecular formula is C16H20N4O3S. The van der Waals surface area contributed by atoms with E-state index in [1.165, 1.54) is 0 Å². The highest BCUT2D eigenvalue weighted by molar-refractivity contribution is 7.92. The molecule has 128 valence electrons. The molecule has 0 saturated carbocycles. The molecule has 1 saturated heterocycles. The summed E-state index contributed by atoms with van der Waals surface area (Å²) in [6.07, 6.45) is 3.68. The Morgan fingerprint density at radius 3 is 2.46 bits per heavy atom. The first kappa shape index (κ1) is 16.6. The maximum atomic E-state index is 12.3. The van der Waals surface area contributed by atoms with Crippen molar-refractivity contribution >= 4 is 15.7 Å². The first-order chi connectivity index (χ1) is 11.4. The van der Waals surface area contributed by atoms with Crippen molar-refractivity contribution in [2.45, 2.75) is 36.5 Å². The lowest BCUT2D eigenvalue weighted by Crippen LogP contribution is -2.51. The molecule has 0 bridgehead atoms. The lowest BCUT2D eigenvalue weighted by molar-refractivity contribution is -0.136. The molecule has 0 spiro atoms. The number of hydrogen-bond donors (Lipinski definition) is 0. The summed E-state index contributed by atoms with van der Waals surface area (Å²) < 4.78 is 25.9. The maximum absolute atomic E-state index is 12.3. The number of nitrogens with zero attached hydrogens (tertiary/aromatic N) is 4. The van der Waals surface area contributed by atoms with Crippen LogP contribution >= 0.6 is 0 Å². The smallest absolute Gasteiger partial charge is 0.227 e. The molecule has 0 radical (unpaired) electrons. The van der Waals surface area contributed by atoms with E-state index in [-0.39, 0.29) is 18.4 Å². The second kappa shape index (κ2) is 6.35. The summed E-state index contributed by atoms with van der Waals surface area (Å²) in [6, 6.07) is 6.76. The predicted octanol–water partition coefficient (Wildman–Crippen LogP) is 1.09. The van der Waals surface area contributed by atoms with Crippen molar-refractivity contribution in [2.75, 3.05) is 13.1 Å². The Balaban J connectivity index is 1.58. The monoisotopic (exact) mass is 348 g/mol. The van der Waals surface area contributed by atoms with Gasteiger partial charge in [-0.05, 0) is 31.5 Å². The SMILES string of the molecule is CC(C)S(=O)(=O)c1ccc(CC(=O)N2CC(n3ccnn3)C2)cc1. The van der Waals surface area contributed by atoms with Crippen molar-refractivity contribution in [1.29, 1.82) is 0 Å². The number of hydrogen-bond acceptors (Lipinski definition) is 5. The lowest BCUT2D eigenvalue weighted by Gasteiger charge is -2.38. The van der Waals surface area contributed by atoms with Gasteiger partial charge in [0.2, 0.25) is 5.91 Å². The first-order valence-corrected chi connectivity index (χ1v) is 9.39. The molecule has 1 amide bonds. The standard InChI is InChI=1S/C16H20N4O3S/c1-12(2)24(22,23)15-5-3-13(4-6-15)9-16(21)19-10-14(11-19)20-8-7-17-18-20/h3-8,12,14H,9-11H2,1-2H3. The van der Waals surface area contributed by atoms with Gasteiger partial charge in [0.15, 0.2) is 9.84 Å². The quantitative estimate of drug-likeness (QED) is 0.807. The summed E-state index contributed by atoms with van der Waals surface area (Å²) in [5, 5.41) is 7.24. The molecule has 0 aliphatic carbocycles. The maximum Gasteiger partial charge on any atom is 0.227 e. The summed E-state index contributed by atoms with van der Waals surface area (Å²) in [4.78, 5) is 14.3. The fraction of sp³-hybridized carbons (Fsp3) is 0.438. The van der Waals surface area contributed by atoms with E-state index in [9.17, 15) is 13.2 Å². The van der Waals surface area contributed by atoms with Crippen LogP contribution in [0.1, 0.15) is 25.5 Å². The first-order valence-electron chi connectivity index (χ1n) is 7.84. The number of likely N-dealkylation sites (tertiary alicyclic amines) is 1. The van der Waals surface area contributed by atoms with Crippen LogP contribution in [0.2, 0.25) is 0 Å². The Bertz CT molecular complexity index is 808. The Morgan fingerprint density at radius 1 is 1.25 bits per heavy atom. The van der Waals surface area contributed by atoms with Crippen LogP contribution in [0, 0.1) is 0 Å². The van der Waals surface area contributed by atoms with Crippen LogP contribution in [0.5, 0.6) is 0 Å². The van der Waals surface area contributed by atoms with Gasteiger partial charge in [0, 0.05) is 19.3 Å². The largest absolute Gasteiger partial charge is 0.338 e. The molecule has 3 rings (SSSR count). The third-order valence-corrected chi connectivity index (χ3v) is 6.43. The van der Waals surface area contributed by atoms with Gasteiger partial charge in [-0.3, -0.25) is 4.79 Å². The van der Waals surface area contributed by atoms with E-state index in [1.807, 2.05) is 0 Å². The number of carbonyl (C=O) groups is 1. The van der Waals surface area contributed by atoms with Crippen molar-refractivity contribution in [3.05, 3.63) is 42.2 Å². The molecular weight excluding hydrogens is 328 g/mol. The van der Waals surface area contributed by atoms with Gasteiger partial charge in [-0.2, -0.15) is 0 Å². The molecule has 7 nitrogen and oxygen atoms in total. The molecule has 1 fully saturated rings. The Kier molecular flexibility index (Phi) is 4.40. The molecule has 2 aromatic rings. The number of amides is 1. The van der Waals surface area contributed by atoms with Gasteiger partial charge >= 0.3 is 0 Å². The van der Waals surface area contributed by atoms with Crippen molar-refractivity contribution in [3.8, 4) is 0 Å². The van der Waals surface area contributed by atoms with E-state index in [0.717, 1.165) is 5.56 Å². The van der Waals surface area contributed by atoms with Crippen molar-refractivity contribution in [1.82, 2.24) is 19.9 Å². The molecule has 2 heterocycles. The zero-order chi connectivity index (χ0) is 17.3. The van der Waals surface area contributed by atoms with Crippen LogP contribution in [-0.2, 0) is 21.1 Å². The zero-order valence-electron chi connectivity index (χ0n) is 13.7. The average Bonchev–Trinajstić information content (AvgIpc) is 3.00. The summed E-state index contributed by atoms with van der Waals surface area (Å²) in [5.41, 5.74) is 0.812. The average molecular weight is 348 g/mol. The third kappa shape index (κ3) is 3.19. The highest BCUT2D eigenvalue weighted by Gasteiger charge is 2.32. The molecule has 1 aliphatic rings. The Hall–Kier alpha value is -2.22. The Labute approximate surface area is 141 Å². The van der Waals surface area contributed by atoms with Crippen molar-refractivity contribution in [2.24, 2.45) is 0 Å². The number of carbonyl (C=O) groups excluding carboxylic acids is 1. The van der Waals surface area contributed by atoms with Gasteiger partial charge in [-0.1, -0.05) is 17.3 Å². The number of sulfone groups is 1. The van der Waals surface area contributed by atoms with Gasteiger partial charge in [-0.15, -0.1) is 5.10 Å².